The van der Waals surface area contributed by atoms with Crippen LogP contribution in [-0.2, 0) is 0 Å². The highest BCUT2D eigenvalue weighted by molar-refractivity contribution is 5.36. The van der Waals surface area contributed by atoms with Gasteiger partial charge < -0.3 is 15.1 Å². The van der Waals surface area contributed by atoms with Crippen LogP contribution in [0.1, 0.15) is 0 Å². The minimum atomic E-state index is 0.0456. The van der Waals surface area contributed by atoms with Crippen LogP contribution in [-0.4, -0.2) is 46.5 Å². The lowest BCUT2D eigenvalue weighted by molar-refractivity contribution is 0.280. The molecule has 0 amide bonds. The number of rotatable bonds is 5. The van der Waals surface area contributed by atoms with Crippen LogP contribution in [0, 0.1) is 0 Å². The Hall–Kier alpha value is -1.20. The lowest BCUT2D eigenvalue weighted by atomic mass is 10.4. The van der Waals surface area contributed by atoms with Crippen LogP contribution in [0.25, 0.3) is 0 Å². The number of anilines is 1. The average Bonchev–Trinajstić information content (AvgIpc) is 2.19. The van der Waals surface area contributed by atoms with Crippen molar-refractivity contribution in [3.8, 4) is 0 Å². The molecule has 0 saturated heterocycles. The highest BCUT2D eigenvalue weighted by atomic mass is 16.3. The van der Waals surface area contributed by atoms with Gasteiger partial charge in [0.25, 0.3) is 0 Å². The second-order valence-electron chi connectivity index (χ2n) is 2.50. The van der Waals surface area contributed by atoms with E-state index in [1.807, 2.05) is 0 Å². The van der Waals surface area contributed by atoms with Crippen molar-refractivity contribution in [2.45, 2.75) is 0 Å². The summed E-state index contributed by atoms with van der Waals surface area (Å²) >= 11 is 0. The molecule has 0 bridgehead atoms. The van der Waals surface area contributed by atoms with Crippen LogP contribution >= 0.6 is 0 Å². The largest absolute Gasteiger partial charge is 0.395 e. The lowest BCUT2D eigenvalue weighted by Gasteiger charge is -2.20. The van der Waals surface area contributed by atoms with E-state index < -0.39 is 0 Å². The molecule has 0 atom stereocenters. The topological polar surface area (TPSA) is 69.5 Å². The van der Waals surface area contributed by atoms with Gasteiger partial charge in [-0.1, -0.05) is 0 Å². The summed E-state index contributed by atoms with van der Waals surface area (Å²) in [4.78, 5) is 9.59. The highest BCUT2D eigenvalue weighted by Crippen LogP contribution is 2.06. The van der Waals surface area contributed by atoms with Gasteiger partial charge in [-0.25, -0.2) is 9.97 Å². The molecule has 0 aromatic carbocycles. The minimum absolute atomic E-state index is 0.0456. The SMILES string of the molecule is OCCN(CCO)c1ccncn1. The van der Waals surface area contributed by atoms with Gasteiger partial charge in [0, 0.05) is 19.3 Å². The summed E-state index contributed by atoms with van der Waals surface area (Å²) in [6, 6.07) is 1.74. The summed E-state index contributed by atoms with van der Waals surface area (Å²) < 4.78 is 0. The zero-order valence-corrected chi connectivity index (χ0v) is 7.30. The van der Waals surface area contributed by atoms with Crippen molar-refractivity contribution in [2.24, 2.45) is 0 Å². The normalized spacial score (nSPS) is 10.0. The molecule has 1 heterocycles. The summed E-state index contributed by atoms with van der Waals surface area (Å²) in [7, 11) is 0. The first-order valence-electron chi connectivity index (χ1n) is 4.11. The predicted molar refractivity (Wildman–Crippen MR) is 48.4 cm³/mol. The molecule has 1 aromatic rings. The Morgan fingerprint density at radius 3 is 2.38 bits per heavy atom. The highest BCUT2D eigenvalue weighted by Gasteiger charge is 2.04. The molecule has 0 spiro atoms. The third kappa shape index (κ3) is 2.96. The molecule has 2 N–H and O–H groups in total. The van der Waals surface area contributed by atoms with Crippen LogP contribution < -0.4 is 4.90 Å². The maximum Gasteiger partial charge on any atom is 0.132 e. The quantitative estimate of drug-likeness (QED) is 0.629. The van der Waals surface area contributed by atoms with Gasteiger partial charge in [-0.2, -0.15) is 0 Å². The summed E-state index contributed by atoms with van der Waals surface area (Å²) in [6.07, 6.45) is 3.07. The van der Waals surface area contributed by atoms with Crippen molar-refractivity contribution < 1.29 is 10.2 Å². The molecule has 5 nitrogen and oxygen atoms in total. The molecule has 72 valence electrons. The maximum absolute atomic E-state index is 8.76. The van der Waals surface area contributed by atoms with Gasteiger partial charge in [0.15, 0.2) is 0 Å². The fourth-order valence-corrected chi connectivity index (χ4v) is 1.05. The molecule has 0 aliphatic rings. The number of aromatic nitrogens is 2. The second-order valence-corrected chi connectivity index (χ2v) is 2.50. The zero-order chi connectivity index (χ0) is 9.52. The van der Waals surface area contributed by atoms with Gasteiger partial charge in [-0.05, 0) is 6.07 Å². The number of nitrogens with zero attached hydrogens (tertiary/aromatic N) is 3. The lowest BCUT2D eigenvalue weighted by Crippen LogP contribution is -2.30. The average molecular weight is 183 g/mol. The number of hydrogen-bond acceptors (Lipinski definition) is 5. The van der Waals surface area contributed by atoms with Crippen molar-refractivity contribution in [3.05, 3.63) is 18.6 Å². The smallest absolute Gasteiger partial charge is 0.132 e. The molecule has 1 aromatic heterocycles. The molecular weight excluding hydrogens is 170 g/mol. The van der Waals surface area contributed by atoms with E-state index in [2.05, 4.69) is 9.97 Å². The van der Waals surface area contributed by atoms with Crippen molar-refractivity contribution in [1.29, 1.82) is 0 Å². The summed E-state index contributed by atoms with van der Waals surface area (Å²) in [6.45, 7) is 1.03. The van der Waals surface area contributed by atoms with Gasteiger partial charge in [0.05, 0.1) is 13.2 Å². The molecule has 0 fully saturated rings. The van der Waals surface area contributed by atoms with Crippen LogP contribution in [0.3, 0.4) is 0 Å². The van der Waals surface area contributed by atoms with Gasteiger partial charge in [-0.15, -0.1) is 0 Å². The molecule has 13 heavy (non-hydrogen) atoms. The van der Waals surface area contributed by atoms with Gasteiger partial charge in [0.2, 0.25) is 0 Å². The van der Waals surface area contributed by atoms with Crippen LogP contribution in [0.2, 0.25) is 0 Å². The van der Waals surface area contributed by atoms with Crippen LogP contribution in [0.15, 0.2) is 18.6 Å². The first-order chi connectivity index (χ1) is 6.38. The van der Waals surface area contributed by atoms with Crippen LogP contribution in [0.4, 0.5) is 5.82 Å². The second kappa shape index (κ2) is 5.45. The molecule has 1 rings (SSSR count). The van der Waals surface area contributed by atoms with Crippen molar-refractivity contribution in [3.63, 3.8) is 0 Å². The minimum Gasteiger partial charge on any atom is -0.395 e. The van der Waals surface area contributed by atoms with Gasteiger partial charge >= 0.3 is 0 Å². The Morgan fingerprint density at radius 1 is 1.23 bits per heavy atom. The molecule has 0 unspecified atom stereocenters. The standard InChI is InChI=1S/C8H13N3O2/c12-5-3-11(4-6-13)8-1-2-9-7-10-8/h1-2,7,12-13H,3-6H2. The molecule has 0 radical (unpaired) electrons. The van der Waals surface area contributed by atoms with E-state index in [1.165, 1.54) is 6.33 Å². The van der Waals surface area contributed by atoms with Crippen molar-refractivity contribution in [1.82, 2.24) is 9.97 Å². The maximum atomic E-state index is 8.76. The first-order valence-corrected chi connectivity index (χ1v) is 4.11. The predicted octanol–water partition coefficient (Wildman–Crippen LogP) is -0.732. The fraction of sp³-hybridized carbons (Fsp3) is 0.500. The Morgan fingerprint density at radius 2 is 1.92 bits per heavy atom. The monoisotopic (exact) mass is 183 g/mol. The number of hydrogen-bond donors (Lipinski definition) is 2. The van der Waals surface area contributed by atoms with Gasteiger partial charge in [0.1, 0.15) is 12.1 Å². The molecule has 0 saturated carbocycles. The van der Waals surface area contributed by atoms with E-state index in [0.29, 0.717) is 13.1 Å². The van der Waals surface area contributed by atoms with Crippen molar-refractivity contribution in [2.75, 3.05) is 31.2 Å². The van der Waals surface area contributed by atoms with E-state index in [9.17, 15) is 0 Å². The summed E-state index contributed by atoms with van der Waals surface area (Å²) in [5.74, 6) is 0.720. The zero-order valence-electron chi connectivity index (χ0n) is 7.30. The summed E-state index contributed by atoms with van der Waals surface area (Å²) in [5, 5.41) is 17.5. The number of aliphatic hydroxyl groups excluding tert-OH is 2. The van der Waals surface area contributed by atoms with E-state index in [4.69, 9.17) is 10.2 Å². The molecule has 5 heteroatoms. The van der Waals surface area contributed by atoms with E-state index >= 15 is 0 Å². The Balaban J connectivity index is 2.64. The van der Waals surface area contributed by atoms with Crippen molar-refractivity contribution >= 4 is 5.82 Å². The third-order valence-corrected chi connectivity index (χ3v) is 1.63. The Labute approximate surface area is 76.7 Å². The number of aliphatic hydroxyl groups is 2. The third-order valence-electron chi connectivity index (χ3n) is 1.63. The Kier molecular flexibility index (Phi) is 4.14. The van der Waals surface area contributed by atoms with E-state index in [0.717, 1.165) is 5.82 Å². The van der Waals surface area contributed by atoms with E-state index in [-0.39, 0.29) is 13.2 Å². The molecule has 0 aliphatic heterocycles. The molecule has 0 aliphatic carbocycles. The summed E-state index contributed by atoms with van der Waals surface area (Å²) in [5.41, 5.74) is 0. The van der Waals surface area contributed by atoms with Crippen LogP contribution in [0.5, 0.6) is 0 Å². The fourth-order valence-electron chi connectivity index (χ4n) is 1.05. The Bertz CT molecular complexity index is 224. The van der Waals surface area contributed by atoms with E-state index in [1.54, 1.807) is 17.2 Å². The molecular formula is C8H13N3O2. The first kappa shape index (κ1) is 9.88. The van der Waals surface area contributed by atoms with Gasteiger partial charge in [-0.3, -0.25) is 0 Å².